The maximum Gasteiger partial charge on any atom is 0.133 e. The fourth-order valence-corrected chi connectivity index (χ4v) is 1.50. The van der Waals surface area contributed by atoms with Crippen LogP contribution in [0.25, 0.3) is 0 Å². The highest BCUT2D eigenvalue weighted by Gasteiger charge is 2.04. The number of nitriles is 1. The normalized spacial score (nSPS) is 9.88. The molecular formula is C12H12N4O. The van der Waals surface area contributed by atoms with Gasteiger partial charge in [0, 0.05) is 11.8 Å². The van der Waals surface area contributed by atoms with Gasteiger partial charge in [-0.1, -0.05) is 5.16 Å². The summed E-state index contributed by atoms with van der Waals surface area (Å²) in [5.74, 6) is 0.764. The molecule has 2 aromatic rings. The van der Waals surface area contributed by atoms with Crippen LogP contribution in [0.1, 0.15) is 17.0 Å². The number of hydrogen-bond acceptors (Lipinski definition) is 5. The predicted octanol–water partition coefficient (Wildman–Crippen LogP) is 2.05. The van der Waals surface area contributed by atoms with E-state index in [0.717, 1.165) is 17.1 Å². The highest BCUT2D eigenvalue weighted by atomic mass is 16.5. The number of nitrogen functional groups attached to an aromatic ring is 1. The van der Waals surface area contributed by atoms with E-state index in [1.165, 1.54) is 0 Å². The lowest BCUT2D eigenvalue weighted by Gasteiger charge is -2.06. The van der Waals surface area contributed by atoms with Crippen molar-refractivity contribution in [3.63, 3.8) is 0 Å². The largest absolute Gasteiger partial charge is 0.399 e. The maximum absolute atomic E-state index is 8.96. The molecule has 0 aliphatic heterocycles. The van der Waals surface area contributed by atoms with Crippen molar-refractivity contribution in [2.75, 3.05) is 11.1 Å². The Morgan fingerprint density at radius 2 is 2.29 bits per heavy atom. The summed E-state index contributed by atoms with van der Waals surface area (Å²) in [6.45, 7) is 2.34. The molecule has 0 amide bonds. The number of rotatable bonds is 3. The Labute approximate surface area is 98.8 Å². The number of nitrogens with one attached hydrogen (secondary N) is 1. The van der Waals surface area contributed by atoms with Crippen molar-refractivity contribution in [3.8, 4) is 6.07 Å². The molecule has 0 aliphatic rings. The van der Waals surface area contributed by atoms with Crippen molar-refractivity contribution in [2.24, 2.45) is 0 Å². The van der Waals surface area contributed by atoms with Crippen LogP contribution in [0.2, 0.25) is 0 Å². The van der Waals surface area contributed by atoms with Gasteiger partial charge in [-0.2, -0.15) is 5.26 Å². The minimum absolute atomic E-state index is 0.510. The Bertz CT molecular complexity index is 568. The first-order valence-corrected chi connectivity index (χ1v) is 5.15. The lowest BCUT2D eigenvalue weighted by Crippen LogP contribution is -2.02. The Morgan fingerprint density at radius 1 is 1.47 bits per heavy atom. The number of anilines is 2. The molecule has 3 N–H and O–H groups in total. The Hall–Kier alpha value is -2.48. The molecule has 5 nitrogen and oxygen atoms in total. The van der Waals surface area contributed by atoms with Gasteiger partial charge in [-0.3, -0.25) is 0 Å². The van der Waals surface area contributed by atoms with E-state index in [-0.39, 0.29) is 0 Å². The van der Waals surface area contributed by atoms with Crippen LogP contribution in [0.15, 0.2) is 28.8 Å². The molecule has 5 heteroatoms. The first kappa shape index (κ1) is 11.0. The molecule has 1 heterocycles. The number of aromatic nitrogens is 1. The smallest absolute Gasteiger partial charge is 0.133 e. The molecule has 1 aromatic heterocycles. The summed E-state index contributed by atoms with van der Waals surface area (Å²) < 4.78 is 4.95. The highest BCUT2D eigenvalue weighted by molar-refractivity contribution is 5.62. The van der Waals surface area contributed by atoms with Crippen LogP contribution < -0.4 is 11.1 Å². The lowest BCUT2D eigenvalue weighted by atomic mass is 10.1. The molecule has 0 spiro atoms. The minimum atomic E-state index is 0.510. The lowest BCUT2D eigenvalue weighted by molar-refractivity contribution is 0.391. The summed E-state index contributed by atoms with van der Waals surface area (Å²) in [5, 5.41) is 15.9. The second kappa shape index (κ2) is 4.58. The second-order valence-corrected chi connectivity index (χ2v) is 3.70. The van der Waals surface area contributed by atoms with E-state index in [1.54, 1.807) is 18.2 Å². The minimum Gasteiger partial charge on any atom is -0.399 e. The third-order valence-electron chi connectivity index (χ3n) is 2.30. The molecule has 0 aliphatic carbocycles. The highest BCUT2D eigenvalue weighted by Crippen LogP contribution is 2.18. The third kappa shape index (κ3) is 2.55. The molecule has 2 rings (SSSR count). The van der Waals surface area contributed by atoms with E-state index in [1.807, 2.05) is 13.0 Å². The van der Waals surface area contributed by atoms with Crippen LogP contribution in [0.3, 0.4) is 0 Å². The quantitative estimate of drug-likeness (QED) is 0.785. The fraction of sp³-hybridized carbons (Fsp3) is 0.167. The van der Waals surface area contributed by atoms with Gasteiger partial charge in [0.05, 0.1) is 17.8 Å². The van der Waals surface area contributed by atoms with E-state index in [0.29, 0.717) is 17.8 Å². The summed E-state index contributed by atoms with van der Waals surface area (Å²) >= 11 is 0. The molecule has 0 saturated heterocycles. The zero-order valence-corrected chi connectivity index (χ0v) is 9.40. The van der Waals surface area contributed by atoms with Gasteiger partial charge in [0.15, 0.2) is 0 Å². The first-order chi connectivity index (χ1) is 8.19. The van der Waals surface area contributed by atoms with Crippen molar-refractivity contribution >= 4 is 11.4 Å². The Morgan fingerprint density at radius 3 is 2.94 bits per heavy atom. The van der Waals surface area contributed by atoms with Crippen molar-refractivity contribution in [1.29, 1.82) is 5.26 Å². The van der Waals surface area contributed by atoms with Gasteiger partial charge in [-0.05, 0) is 25.1 Å². The number of aryl methyl sites for hydroxylation is 1. The number of nitrogens with two attached hydrogens (primary N) is 1. The van der Waals surface area contributed by atoms with Crippen LogP contribution in [0, 0.1) is 18.3 Å². The van der Waals surface area contributed by atoms with E-state index in [9.17, 15) is 0 Å². The fourth-order valence-electron chi connectivity index (χ4n) is 1.50. The molecular weight excluding hydrogens is 216 g/mol. The molecule has 0 radical (unpaired) electrons. The van der Waals surface area contributed by atoms with Crippen LogP contribution in [0.5, 0.6) is 0 Å². The molecule has 17 heavy (non-hydrogen) atoms. The molecule has 86 valence electrons. The van der Waals surface area contributed by atoms with Gasteiger partial charge in [0.1, 0.15) is 17.5 Å². The summed E-state index contributed by atoms with van der Waals surface area (Å²) in [6.07, 6.45) is 0. The van der Waals surface area contributed by atoms with Crippen molar-refractivity contribution < 1.29 is 4.52 Å². The average molecular weight is 228 g/mol. The summed E-state index contributed by atoms with van der Waals surface area (Å²) in [4.78, 5) is 0. The molecule has 0 bridgehead atoms. The van der Waals surface area contributed by atoms with E-state index in [4.69, 9.17) is 15.5 Å². The van der Waals surface area contributed by atoms with Gasteiger partial charge < -0.3 is 15.6 Å². The first-order valence-electron chi connectivity index (χ1n) is 5.15. The predicted molar refractivity (Wildman–Crippen MR) is 64.1 cm³/mol. The monoisotopic (exact) mass is 228 g/mol. The Kier molecular flexibility index (Phi) is 2.97. The van der Waals surface area contributed by atoms with Crippen LogP contribution in [-0.4, -0.2) is 5.16 Å². The third-order valence-corrected chi connectivity index (χ3v) is 2.30. The van der Waals surface area contributed by atoms with E-state index < -0.39 is 0 Å². The Balaban J connectivity index is 2.12. The van der Waals surface area contributed by atoms with Crippen LogP contribution >= 0.6 is 0 Å². The topological polar surface area (TPSA) is 87.9 Å². The SMILES string of the molecule is Cc1cc(CNc2ccc(N)cc2C#N)no1. The molecule has 0 saturated carbocycles. The van der Waals surface area contributed by atoms with Crippen LogP contribution in [0.4, 0.5) is 11.4 Å². The maximum atomic E-state index is 8.96. The van der Waals surface area contributed by atoms with E-state index in [2.05, 4.69) is 16.5 Å². The standard InChI is InChI=1S/C12H12N4O/c1-8-4-11(16-17-8)7-15-12-3-2-10(14)5-9(12)6-13/h2-5,15H,7,14H2,1H3. The molecule has 0 atom stereocenters. The molecule has 0 fully saturated rings. The van der Waals surface area contributed by atoms with Crippen molar-refractivity contribution in [2.45, 2.75) is 13.5 Å². The van der Waals surface area contributed by atoms with Gasteiger partial charge in [-0.15, -0.1) is 0 Å². The average Bonchev–Trinajstić information content (AvgIpc) is 2.73. The number of hydrogen-bond donors (Lipinski definition) is 2. The van der Waals surface area contributed by atoms with Crippen molar-refractivity contribution in [3.05, 3.63) is 41.3 Å². The molecule has 0 unspecified atom stereocenters. The zero-order chi connectivity index (χ0) is 12.3. The summed E-state index contributed by atoms with van der Waals surface area (Å²) in [6, 6.07) is 9.10. The van der Waals surface area contributed by atoms with Crippen molar-refractivity contribution in [1.82, 2.24) is 5.16 Å². The van der Waals surface area contributed by atoms with Gasteiger partial charge in [0.25, 0.3) is 0 Å². The van der Waals surface area contributed by atoms with Gasteiger partial charge in [0.2, 0.25) is 0 Å². The number of benzene rings is 1. The zero-order valence-electron chi connectivity index (χ0n) is 9.40. The second-order valence-electron chi connectivity index (χ2n) is 3.70. The summed E-state index contributed by atoms with van der Waals surface area (Å²) in [7, 11) is 0. The molecule has 1 aromatic carbocycles. The van der Waals surface area contributed by atoms with Gasteiger partial charge >= 0.3 is 0 Å². The van der Waals surface area contributed by atoms with Gasteiger partial charge in [-0.25, -0.2) is 0 Å². The van der Waals surface area contributed by atoms with Crippen LogP contribution in [-0.2, 0) is 6.54 Å². The van der Waals surface area contributed by atoms with E-state index >= 15 is 0 Å². The summed E-state index contributed by atoms with van der Waals surface area (Å²) in [5.41, 5.74) is 8.23. The number of nitrogens with zero attached hydrogens (tertiary/aromatic N) is 2.